The van der Waals surface area contributed by atoms with Gasteiger partial charge in [0.25, 0.3) is 0 Å². The maximum atomic E-state index is 5.58. The van der Waals surface area contributed by atoms with Gasteiger partial charge in [-0.3, -0.25) is 0 Å². The first-order chi connectivity index (χ1) is 8.15. The topological polar surface area (TPSA) is 35.0 Å². The molecule has 1 aromatic heterocycles. The van der Waals surface area contributed by atoms with Crippen LogP contribution in [0.5, 0.6) is 11.8 Å². The molecule has 0 atom stereocenters. The van der Waals surface area contributed by atoms with Gasteiger partial charge in [0.1, 0.15) is 5.75 Å². The summed E-state index contributed by atoms with van der Waals surface area (Å²) in [6.45, 7) is 4.30. The third-order valence-electron chi connectivity index (χ3n) is 2.33. The Morgan fingerprint density at radius 1 is 1.18 bits per heavy atom. The standard InChI is InChI=1S/C13H13BrN2O/c1-9(2)10-4-3-5-12(6-10)17-13-15-7-11(14)8-16-13/h3-9H,1-2H3. The average Bonchev–Trinajstić information content (AvgIpc) is 2.32. The molecular weight excluding hydrogens is 280 g/mol. The van der Waals surface area contributed by atoms with E-state index in [0.29, 0.717) is 11.9 Å². The van der Waals surface area contributed by atoms with Crippen LogP contribution in [0.15, 0.2) is 41.1 Å². The fraction of sp³-hybridized carbons (Fsp3) is 0.231. The molecule has 0 aliphatic rings. The Kier molecular flexibility index (Phi) is 3.74. The zero-order valence-electron chi connectivity index (χ0n) is 9.72. The van der Waals surface area contributed by atoms with E-state index in [2.05, 4.69) is 45.8 Å². The van der Waals surface area contributed by atoms with Crippen LogP contribution in [0.25, 0.3) is 0 Å². The fourth-order valence-electron chi connectivity index (χ4n) is 1.40. The fourth-order valence-corrected chi connectivity index (χ4v) is 1.60. The molecule has 0 aliphatic heterocycles. The number of ether oxygens (including phenoxy) is 1. The van der Waals surface area contributed by atoms with Gasteiger partial charge in [0.05, 0.1) is 4.47 Å². The molecule has 88 valence electrons. The normalized spacial score (nSPS) is 10.6. The molecule has 0 spiro atoms. The predicted octanol–water partition coefficient (Wildman–Crippen LogP) is 4.15. The second kappa shape index (κ2) is 5.27. The molecule has 1 heterocycles. The lowest BCUT2D eigenvalue weighted by molar-refractivity contribution is 0.440. The Hall–Kier alpha value is -1.42. The van der Waals surface area contributed by atoms with E-state index in [4.69, 9.17) is 4.74 Å². The summed E-state index contributed by atoms with van der Waals surface area (Å²) in [6.07, 6.45) is 3.32. The number of halogens is 1. The summed E-state index contributed by atoms with van der Waals surface area (Å²) in [5.41, 5.74) is 1.24. The van der Waals surface area contributed by atoms with Crippen molar-refractivity contribution in [2.45, 2.75) is 19.8 Å². The van der Waals surface area contributed by atoms with Crippen LogP contribution >= 0.6 is 15.9 Å². The molecule has 0 amide bonds. The van der Waals surface area contributed by atoms with Gasteiger partial charge in [-0.15, -0.1) is 0 Å². The minimum Gasteiger partial charge on any atom is -0.424 e. The minimum atomic E-state index is 0.356. The summed E-state index contributed by atoms with van der Waals surface area (Å²) in [7, 11) is 0. The highest BCUT2D eigenvalue weighted by atomic mass is 79.9. The molecule has 0 saturated heterocycles. The largest absolute Gasteiger partial charge is 0.424 e. The van der Waals surface area contributed by atoms with Crippen LogP contribution in [0.4, 0.5) is 0 Å². The number of hydrogen-bond acceptors (Lipinski definition) is 3. The van der Waals surface area contributed by atoms with E-state index >= 15 is 0 Å². The van der Waals surface area contributed by atoms with Gasteiger partial charge in [0.2, 0.25) is 0 Å². The molecule has 0 radical (unpaired) electrons. The summed E-state index contributed by atoms with van der Waals surface area (Å²) in [6, 6.07) is 8.32. The number of benzene rings is 1. The summed E-state index contributed by atoms with van der Waals surface area (Å²) in [5.74, 6) is 1.24. The highest BCUT2D eigenvalue weighted by Crippen LogP contribution is 2.23. The highest BCUT2D eigenvalue weighted by molar-refractivity contribution is 9.10. The molecule has 0 fully saturated rings. The van der Waals surface area contributed by atoms with Gasteiger partial charge in [0.15, 0.2) is 0 Å². The summed E-state index contributed by atoms with van der Waals surface area (Å²) < 4.78 is 6.42. The second-order valence-electron chi connectivity index (χ2n) is 4.01. The van der Waals surface area contributed by atoms with Crippen LogP contribution in [0.2, 0.25) is 0 Å². The summed E-state index contributed by atoms with van der Waals surface area (Å²) in [5, 5.41) is 0. The van der Waals surface area contributed by atoms with Gasteiger partial charge in [-0.1, -0.05) is 26.0 Å². The van der Waals surface area contributed by atoms with Crippen LogP contribution in [-0.2, 0) is 0 Å². The molecule has 3 nitrogen and oxygen atoms in total. The zero-order chi connectivity index (χ0) is 12.3. The Labute approximate surface area is 109 Å². The van der Waals surface area contributed by atoms with E-state index in [-0.39, 0.29) is 0 Å². The third kappa shape index (κ3) is 3.27. The number of aromatic nitrogens is 2. The van der Waals surface area contributed by atoms with Crippen molar-refractivity contribution in [3.63, 3.8) is 0 Å². The molecule has 4 heteroatoms. The quantitative estimate of drug-likeness (QED) is 0.852. The molecule has 0 saturated carbocycles. The molecule has 1 aromatic carbocycles. The van der Waals surface area contributed by atoms with Crippen LogP contribution in [0.1, 0.15) is 25.3 Å². The lowest BCUT2D eigenvalue weighted by Crippen LogP contribution is -1.93. The lowest BCUT2D eigenvalue weighted by atomic mass is 10.0. The first-order valence-electron chi connectivity index (χ1n) is 5.40. The number of hydrogen-bond donors (Lipinski definition) is 0. The third-order valence-corrected chi connectivity index (χ3v) is 2.74. The van der Waals surface area contributed by atoms with Crippen LogP contribution in [-0.4, -0.2) is 9.97 Å². The van der Waals surface area contributed by atoms with Gasteiger partial charge in [-0.25, -0.2) is 9.97 Å². The summed E-state index contributed by atoms with van der Waals surface area (Å²) in [4.78, 5) is 8.14. The Morgan fingerprint density at radius 2 is 1.88 bits per heavy atom. The smallest absolute Gasteiger partial charge is 0.321 e. The van der Waals surface area contributed by atoms with Crippen LogP contribution < -0.4 is 4.74 Å². The Balaban J connectivity index is 2.18. The van der Waals surface area contributed by atoms with Gasteiger partial charge in [0, 0.05) is 12.4 Å². The predicted molar refractivity (Wildman–Crippen MR) is 70.3 cm³/mol. The molecule has 0 bridgehead atoms. The van der Waals surface area contributed by atoms with E-state index in [1.54, 1.807) is 12.4 Å². The first kappa shape index (κ1) is 12.0. The van der Waals surface area contributed by atoms with Gasteiger partial charge >= 0.3 is 6.01 Å². The number of nitrogens with zero attached hydrogens (tertiary/aromatic N) is 2. The van der Waals surface area contributed by atoms with Crippen LogP contribution in [0, 0.1) is 0 Å². The monoisotopic (exact) mass is 292 g/mol. The van der Waals surface area contributed by atoms with Crippen molar-refractivity contribution in [3.8, 4) is 11.8 Å². The molecule has 0 N–H and O–H groups in total. The zero-order valence-corrected chi connectivity index (χ0v) is 11.3. The van der Waals surface area contributed by atoms with E-state index in [1.165, 1.54) is 5.56 Å². The van der Waals surface area contributed by atoms with E-state index < -0.39 is 0 Å². The molecule has 17 heavy (non-hydrogen) atoms. The van der Waals surface area contributed by atoms with Crippen molar-refractivity contribution in [3.05, 3.63) is 46.7 Å². The van der Waals surface area contributed by atoms with Crippen molar-refractivity contribution < 1.29 is 4.74 Å². The van der Waals surface area contributed by atoms with Crippen molar-refractivity contribution in [1.29, 1.82) is 0 Å². The van der Waals surface area contributed by atoms with E-state index in [1.807, 2.05) is 18.2 Å². The maximum absolute atomic E-state index is 5.58. The van der Waals surface area contributed by atoms with Crippen molar-refractivity contribution in [2.24, 2.45) is 0 Å². The molecule has 0 aliphatic carbocycles. The van der Waals surface area contributed by atoms with E-state index in [9.17, 15) is 0 Å². The van der Waals surface area contributed by atoms with Crippen LogP contribution in [0.3, 0.4) is 0 Å². The Bertz CT molecular complexity index is 497. The van der Waals surface area contributed by atoms with Gasteiger partial charge in [-0.05, 0) is 39.5 Å². The molecule has 0 unspecified atom stereocenters. The van der Waals surface area contributed by atoms with E-state index in [0.717, 1.165) is 10.2 Å². The maximum Gasteiger partial charge on any atom is 0.321 e. The van der Waals surface area contributed by atoms with Crippen molar-refractivity contribution >= 4 is 15.9 Å². The Morgan fingerprint density at radius 3 is 2.53 bits per heavy atom. The molecular formula is C13H13BrN2O. The molecule has 2 aromatic rings. The van der Waals surface area contributed by atoms with Crippen molar-refractivity contribution in [2.75, 3.05) is 0 Å². The average molecular weight is 293 g/mol. The lowest BCUT2D eigenvalue weighted by Gasteiger charge is -2.08. The number of rotatable bonds is 3. The van der Waals surface area contributed by atoms with Gasteiger partial charge < -0.3 is 4.74 Å². The SMILES string of the molecule is CC(C)c1cccc(Oc2ncc(Br)cn2)c1. The summed E-state index contributed by atoms with van der Waals surface area (Å²) >= 11 is 3.28. The highest BCUT2D eigenvalue weighted by Gasteiger charge is 2.03. The first-order valence-corrected chi connectivity index (χ1v) is 6.20. The molecule has 2 rings (SSSR count). The van der Waals surface area contributed by atoms with Gasteiger partial charge in [-0.2, -0.15) is 0 Å². The second-order valence-corrected chi connectivity index (χ2v) is 4.93. The minimum absolute atomic E-state index is 0.356. The van der Waals surface area contributed by atoms with Crippen molar-refractivity contribution in [1.82, 2.24) is 9.97 Å².